The predicted octanol–water partition coefficient (Wildman–Crippen LogP) is 1.16. The fraction of sp³-hybridized carbons (Fsp3) is 0.667. The molecule has 0 amide bonds. The van der Waals surface area contributed by atoms with Gasteiger partial charge in [-0.1, -0.05) is 12.1 Å². The summed E-state index contributed by atoms with van der Waals surface area (Å²) in [5.74, 6) is 1.41. The lowest BCUT2D eigenvalue weighted by Crippen LogP contribution is -2.46. The summed E-state index contributed by atoms with van der Waals surface area (Å²) in [5.41, 5.74) is 2.50. The van der Waals surface area contributed by atoms with Crippen molar-refractivity contribution in [1.29, 1.82) is 0 Å². The Balaban J connectivity index is 1.72. The van der Waals surface area contributed by atoms with Gasteiger partial charge in [0, 0.05) is 45.0 Å². The zero-order valence-electron chi connectivity index (χ0n) is 13.8. The van der Waals surface area contributed by atoms with Crippen molar-refractivity contribution in [3.05, 3.63) is 29.2 Å². The molecule has 22 heavy (non-hydrogen) atoms. The summed E-state index contributed by atoms with van der Waals surface area (Å²) in [6.07, 6.45) is 3.10. The molecule has 0 aromatic carbocycles. The fourth-order valence-electron chi connectivity index (χ4n) is 3.04. The quantitative estimate of drug-likeness (QED) is 0.845. The summed E-state index contributed by atoms with van der Waals surface area (Å²) in [4.78, 5) is 9.13. The Bertz CT molecular complexity index is 634. The van der Waals surface area contributed by atoms with E-state index in [9.17, 15) is 0 Å². The zero-order chi connectivity index (χ0) is 15.7. The highest BCUT2D eigenvalue weighted by molar-refractivity contribution is 5.17. The first kappa shape index (κ1) is 15.2. The molecular weight excluding hydrogens is 280 g/mol. The smallest absolute Gasteiger partial charge is 0.245 e. The van der Waals surface area contributed by atoms with Crippen molar-refractivity contribution in [3.63, 3.8) is 0 Å². The van der Waals surface area contributed by atoms with Gasteiger partial charge in [-0.05, 0) is 20.4 Å². The predicted molar refractivity (Wildman–Crippen MR) is 82.3 cm³/mol. The minimum absolute atomic E-state index is 0.164. The molecule has 3 rings (SSSR count). The summed E-state index contributed by atoms with van der Waals surface area (Å²) >= 11 is 0. The molecule has 120 valence electrons. The molecule has 1 aliphatic heterocycles. The monoisotopic (exact) mass is 304 g/mol. The van der Waals surface area contributed by atoms with Crippen LogP contribution < -0.4 is 0 Å². The number of hydrogen-bond acceptors (Lipinski definition) is 6. The van der Waals surface area contributed by atoms with Gasteiger partial charge in [0.25, 0.3) is 0 Å². The van der Waals surface area contributed by atoms with Crippen molar-refractivity contribution in [3.8, 4) is 0 Å². The Morgan fingerprint density at radius 1 is 1.32 bits per heavy atom. The summed E-state index contributed by atoms with van der Waals surface area (Å²) in [5, 5.41) is 8.45. The van der Waals surface area contributed by atoms with E-state index in [1.807, 2.05) is 18.7 Å². The van der Waals surface area contributed by atoms with E-state index in [0.29, 0.717) is 11.7 Å². The Labute approximate surface area is 130 Å². The maximum atomic E-state index is 5.38. The van der Waals surface area contributed by atoms with E-state index < -0.39 is 0 Å². The van der Waals surface area contributed by atoms with Gasteiger partial charge in [-0.15, -0.1) is 0 Å². The molecule has 1 aliphatic rings. The van der Waals surface area contributed by atoms with Crippen LogP contribution in [0.25, 0.3) is 0 Å². The van der Waals surface area contributed by atoms with Crippen LogP contribution in [-0.2, 0) is 20.0 Å². The van der Waals surface area contributed by atoms with Crippen molar-refractivity contribution in [1.82, 2.24) is 29.7 Å². The lowest BCUT2D eigenvalue weighted by Gasteiger charge is -2.37. The molecule has 0 aliphatic carbocycles. The third-order valence-corrected chi connectivity index (χ3v) is 4.28. The number of aryl methyl sites for hydroxylation is 3. The molecule has 1 unspecified atom stereocenters. The second-order valence-electron chi connectivity index (χ2n) is 6.04. The Hall–Kier alpha value is -1.73. The van der Waals surface area contributed by atoms with Crippen LogP contribution in [0.4, 0.5) is 0 Å². The Morgan fingerprint density at radius 2 is 2.14 bits per heavy atom. The van der Waals surface area contributed by atoms with Crippen molar-refractivity contribution in [2.24, 2.45) is 7.05 Å². The molecule has 0 N–H and O–H groups in total. The molecule has 7 nitrogen and oxygen atoms in total. The van der Waals surface area contributed by atoms with Gasteiger partial charge in [-0.3, -0.25) is 14.5 Å². The fourth-order valence-corrected chi connectivity index (χ4v) is 3.04. The molecule has 1 atom stereocenters. The number of piperazine rings is 1. The third kappa shape index (κ3) is 3.05. The molecule has 3 heterocycles. The van der Waals surface area contributed by atoms with E-state index in [4.69, 9.17) is 4.52 Å². The van der Waals surface area contributed by atoms with Crippen molar-refractivity contribution >= 4 is 0 Å². The zero-order valence-corrected chi connectivity index (χ0v) is 13.8. The lowest BCUT2D eigenvalue weighted by atomic mass is 10.1. The third-order valence-electron chi connectivity index (χ3n) is 4.28. The van der Waals surface area contributed by atoms with Crippen molar-refractivity contribution in [2.75, 3.05) is 26.7 Å². The van der Waals surface area contributed by atoms with Gasteiger partial charge in [0.05, 0.1) is 5.69 Å². The van der Waals surface area contributed by atoms with Gasteiger partial charge in [0.15, 0.2) is 5.82 Å². The maximum absolute atomic E-state index is 5.38. The first-order valence-corrected chi connectivity index (χ1v) is 7.81. The topological polar surface area (TPSA) is 63.2 Å². The maximum Gasteiger partial charge on any atom is 0.245 e. The molecular formula is C15H24N6O. The van der Waals surface area contributed by atoms with Crippen LogP contribution in [0.3, 0.4) is 0 Å². The molecule has 0 radical (unpaired) electrons. The number of aromatic nitrogens is 4. The largest absolute Gasteiger partial charge is 0.338 e. The molecule has 2 aromatic rings. The van der Waals surface area contributed by atoms with Gasteiger partial charge in [0.1, 0.15) is 6.04 Å². The number of nitrogens with zero attached hydrogens (tertiary/aromatic N) is 6. The van der Waals surface area contributed by atoms with E-state index >= 15 is 0 Å². The van der Waals surface area contributed by atoms with Gasteiger partial charge in [0.2, 0.25) is 5.89 Å². The normalized spacial score (nSPS) is 20.6. The molecule has 1 saturated heterocycles. The highest BCUT2D eigenvalue weighted by atomic mass is 16.5. The average Bonchev–Trinajstić information content (AvgIpc) is 3.07. The minimum Gasteiger partial charge on any atom is -0.338 e. The van der Waals surface area contributed by atoms with E-state index in [0.717, 1.165) is 32.6 Å². The van der Waals surface area contributed by atoms with E-state index in [2.05, 4.69) is 45.2 Å². The van der Waals surface area contributed by atoms with Crippen LogP contribution in [0.2, 0.25) is 0 Å². The van der Waals surface area contributed by atoms with E-state index in [1.165, 1.54) is 11.3 Å². The van der Waals surface area contributed by atoms with Gasteiger partial charge in [-0.25, -0.2) is 0 Å². The van der Waals surface area contributed by atoms with Crippen LogP contribution >= 0.6 is 0 Å². The molecule has 0 bridgehead atoms. The van der Waals surface area contributed by atoms with Gasteiger partial charge >= 0.3 is 0 Å². The minimum atomic E-state index is 0.164. The summed E-state index contributed by atoms with van der Waals surface area (Å²) in [6, 6.07) is 0.164. The molecule has 0 saturated carbocycles. The number of rotatable bonds is 4. The summed E-state index contributed by atoms with van der Waals surface area (Å²) in [6.45, 7) is 7.87. The second kappa shape index (κ2) is 6.18. The van der Waals surface area contributed by atoms with Gasteiger partial charge in [-0.2, -0.15) is 10.1 Å². The van der Waals surface area contributed by atoms with Crippen molar-refractivity contribution < 1.29 is 4.52 Å². The van der Waals surface area contributed by atoms with E-state index in [-0.39, 0.29) is 6.04 Å². The van der Waals surface area contributed by atoms with Gasteiger partial charge < -0.3 is 4.52 Å². The Morgan fingerprint density at radius 3 is 2.82 bits per heavy atom. The second-order valence-corrected chi connectivity index (χ2v) is 6.04. The van der Waals surface area contributed by atoms with Crippen LogP contribution in [-0.4, -0.2) is 56.4 Å². The molecule has 0 spiro atoms. The van der Waals surface area contributed by atoms with Crippen LogP contribution in [0.5, 0.6) is 0 Å². The first-order valence-electron chi connectivity index (χ1n) is 7.81. The highest BCUT2D eigenvalue weighted by Crippen LogP contribution is 2.24. The van der Waals surface area contributed by atoms with Crippen LogP contribution in [0, 0.1) is 6.92 Å². The molecule has 7 heteroatoms. The molecule has 1 fully saturated rings. The number of hydrogen-bond donors (Lipinski definition) is 0. The van der Waals surface area contributed by atoms with E-state index in [1.54, 1.807) is 0 Å². The Kier molecular flexibility index (Phi) is 4.26. The molecule has 2 aromatic heterocycles. The standard InChI is InChI=1S/C15H24N6O/c1-5-13-12(8-20(4)17-13)9-21-7-6-19(3)14(10-21)15-16-11(2)18-22-15/h8,14H,5-7,9-10H2,1-4H3. The highest BCUT2D eigenvalue weighted by Gasteiger charge is 2.30. The first-order chi connectivity index (χ1) is 10.6. The lowest BCUT2D eigenvalue weighted by molar-refractivity contribution is 0.0713. The number of likely N-dealkylation sites (N-methyl/N-ethyl adjacent to an activating group) is 1. The van der Waals surface area contributed by atoms with Crippen LogP contribution in [0.15, 0.2) is 10.7 Å². The summed E-state index contributed by atoms with van der Waals surface area (Å²) < 4.78 is 7.28. The summed E-state index contributed by atoms with van der Waals surface area (Å²) in [7, 11) is 4.10. The SMILES string of the molecule is CCc1nn(C)cc1CN1CCN(C)C(c2nc(C)no2)C1. The van der Waals surface area contributed by atoms with Crippen molar-refractivity contribution in [2.45, 2.75) is 32.9 Å². The van der Waals surface area contributed by atoms with Crippen LogP contribution in [0.1, 0.15) is 35.9 Å². The average molecular weight is 304 g/mol.